The first kappa shape index (κ1) is 26.2. The maximum atomic E-state index is 13.2. The molecule has 0 bridgehead atoms. The van der Waals surface area contributed by atoms with Crippen molar-refractivity contribution >= 4 is 29.1 Å². The van der Waals surface area contributed by atoms with Crippen molar-refractivity contribution in [2.75, 3.05) is 31.1 Å². The van der Waals surface area contributed by atoms with Crippen LogP contribution in [-0.4, -0.2) is 70.4 Å². The highest BCUT2D eigenvalue weighted by atomic mass is 35.5. The number of benzene rings is 2. The van der Waals surface area contributed by atoms with E-state index in [4.69, 9.17) is 11.6 Å². The molecule has 10 heteroatoms. The van der Waals surface area contributed by atoms with Crippen molar-refractivity contribution in [2.24, 2.45) is 5.92 Å². The van der Waals surface area contributed by atoms with Crippen molar-refractivity contribution in [3.8, 4) is 5.75 Å². The number of phenolic OH excluding ortho intramolecular Hbond substituents is 1. The summed E-state index contributed by atoms with van der Waals surface area (Å²) in [5, 5.41) is 34.1. The predicted molar refractivity (Wildman–Crippen MR) is 133 cm³/mol. The van der Waals surface area contributed by atoms with Crippen LogP contribution in [0.25, 0.3) is 0 Å². The Morgan fingerprint density at radius 2 is 1.81 bits per heavy atom. The van der Waals surface area contributed by atoms with Crippen molar-refractivity contribution in [1.29, 1.82) is 0 Å². The molecule has 8 nitrogen and oxygen atoms in total. The second kappa shape index (κ2) is 11.5. The molecule has 2 amide bonds. The number of carbonyl (C=O) groups is 2. The van der Waals surface area contributed by atoms with Crippen LogP contribution in [0.2, 0.25) is 5.02 Å². The highest BCUT2D eigenvalue weighted by Gasteiger charge is 2.38. The van der Waals surface area contributed by atoms with Crippen LogP contribution in [0, 0.1) is 11.7 Å². The van der Waals surface area contributed by atoms with E-state index in [1.165, 1.54) is 11.0 Å². The molecule has 0 spiro atoms. The maximum Gasteiger partial charge on any atom is 0.255 e. The Labute approximate surface area is 214 Å². The number of hydrogen-bond donors (Lipinski definition) is 4. The average Bonchev–Trinajstić information content (AvgIpc) is 3.36. The third-order valence-corrected chi connectivity index (χ3v) is 7.28. The van der Waals surface area contributed by atoms with E-state index in [9.17, 15) is 29.3 Å². The lowest BCUT2D eigenvalue weighted by atomic mass is 9.96. The number of aromatic hydroxyl groups is 1. The van der Waals surface area contributed by atoms with E-state index in [-0.39, 0.29) is 24.3 Å². The number of aliphatic hydroxyl groups excluding tert-OH is 2. The third kappa shape index (κ3) is 5.91. The van der Waals surface area contributed by atoms with Crippen molar-refractivity contribution in [3.63, 3.8) is 0 Å². The molecule has 3 atom stereocenters. The SMILES string of the molecule is O=C(NCC1CCN(c2ccc(F)cc2O)CC1)[C@H](O)[C@@H](O)C(=O)N1CCC[C@@H]1c1cccc(Cl)c1. The van der Waals surface area contributed by atoms with E-state index < -0.39 is 29.8 Å². The predicted octanol–water partition coefficient (Wildman–Crippen LogP) is 2.60. The summed E-state index contributed by atoms with van der Waals surface area (Å²) in [7, 11) is 0. The first-order valence-electron chi connectivity index (χ1n) is 12.2. The quantitative estimate of drug-likeness (QED) is 0.447. The van der Waals surface area contributed by atoms with Gasteiger partial charge >= 0.3 is 0 Å². The van der Waals surface area contributed by atoms with Crippen molar-refractivity contribution in [3.05, 3.63) is 58.9 Å². The molecule has 0 aliphatic carbocycles. The van der Waals surface area contributed by atoms with Gasteiger partial charge in [0.2, 0.25) is 0 Å². The molecule has 0 aromatic heterocycles. The smallest absolute Gasteiger partial charge is 0.255 e. The topological polar surface area (TPSA) is 113 Å². The molecule has 4 N–H and O–H groups in total. The second-order valence-corrected chi connectivity index (χ2v) is 9.88. The van der Waals surface area contributed by atoms with Crippen molar-refractivity contribution in [2.45, 2.75) is 43.9 Å². The van der Waals surface area contributed by atoms with E-state index >= 15 is 0 Å². The number of anilines is 1. The zero-order valence-electron chi connectivity index (χ0n) is 19.8. The van der Waals surface area contributed by atoms with Gasteiger partial charge in [0, 0.05) is 37.3 Å². The lowest BCUT2D eigenvalue weighted by Crippen LogP contribution is -2.51. The molecule has 2 fully saturated rings. The van der Waals surface area contributed by atoms with E-state index in [1.54, 1.807) is 24.3 Å². The lowest BCUT2D eigenvalue weighted by Gasteiger charge is -2.34. The standard InChI is InChI=1S/C26H31ClFN3O5/c27-18-4-1-3-17(13-18)20-5-2-10-31(20)26(36)24(34)23(33)25(35)29-15-16-8-11-30(12-9-16)21-7-6-19(28)14-22(21)32/h1,3-4,6-7,13-14,16,20,23-24,32-34H,2,5,8-12,15H2,(H,29,35)/t20-,23-,24-/m1/s1. The number of aliphatic hydroxyl groups is 2. The van der Waals surface area contributed by atoms with E-state index in [2.05, 4.69) is 5.32 Å². The van der Waals surface area contributed by atoms with Gasteiger partial charge in [0.1, 0.15) is 11.6 Å². The molecule has 2 aromatic rings. The van der Waals surface area contributed by atoms with Crippen molar-refractivity contribution < 1.29 is 29.3 Å². The minimum Gasteiger partial charge on any atom is -0.506 e. The van der Waals surface area contributed by atoms with E-state index in [1.807, 2.05) is 11.0 Å². The van der Waals surface area contributed by atoms with Gasteiger partial charge in [0.05, 0.1) is 11.7 Å². The Hall–Kier alpha value is -2.88. The molecule has 2 heterocycles. The van der Waals surface area contributed by atoms with Gasteiger partial charge in [0.25, 0.3) is 11.8 Å². The zero-order valence-corrected chi connectivity index (χ0v) is 20.6. The Morgan fingerprint density at radius 1 is 1.06 bits per heavy atom. The first-order valence-corrected chi connectivity index (χ1v) is 12.6. The molecule has 4 rings (SSSR count). The van der Waals surface area contributed by atoms with Gasteiger partial charge in [-0.2, -0.15) is 0 Å². The highest BCUT2D eigenvalue weighted by Crippen LogP contribution is 2.34. The highest BCUT2D eigenvalue weighted by molar-refractivity contribution is 6.30. The van der Waals surface area contributed by atoms with Gasteiger partial charge in [-0.15, -0.1) is 0 Å². The van der Waals surface area contributed by atoms with E-state index in [0.29, 0.717) is 49.6 Å². The molecule has 2 aliphatic rings. The number of phenols is 1. The Balaban J connectivity index is 1.27. The van der Waals surface area contributed by atoms with Gasteiger partial charge in [-0.05, 0) is 61.4 Å². The number of halogens is 2. The van der Waals surface area contributed by atoms with Crippen LogP contribution in [0.1, 0.15) is 37.3 Å². The summed E-state index contributed by atoms with van der Waals surface area (Å²) in [5.74, 6) is -1.98. The fraction of sp³-hybridized carbons (Fsp3) is 0.462. The van der Waals surface area contributed by atoms with Crippen LogP contribution in [0.5, 0.6) is 5.75 Å². The Kier molecular flexibility index (Phi) is 8.33. The number of piperidine rings is 1. The number of nitrogens with one attached hydrogen (secondary N) is 1. The largest absolute Gasteiger partial charge is 0.506 e. The molecule has 36 heavy (non-hydrogen) atoms. The fourth-order valence-corrected chi connectivity index (χ4v) is 5.23. The monoisotopic (exact) mass is 519 g/mol. The van der Waals surface area contributed by atoms with E-state index in [0.717, 1.165) is 18.1 Å². The summed E-state index contributed by atoms with van der Waals surface area (Å²) in [5.41, 5.74) is 1.41. The fourth-order valence-electron chi connectivity index (χ4n) is 5.03. The molecule has 194 valence electrons. The number of nitrogens with zero attached hydrogens (tertiary/aromatic N) is 2. The molecular formula is C26H31ClFN3O5. The second-order valence-electron chi connectivity index (χ2n) is 9.44. The number of amides is 2. The van der Waals surface area contributed by atoms with Gasteiger partial charge in [-0.1, -0.05) is 23.7 Å². The minimum atomic E-state index is -1.88. The number of carbonyl (C=O) groups excluding carboxylic acids is 2. The number of likely N-dealkylation sites (tertiary alicyclic amines) is 1. The molecule has 2 aliphatic heterocycles. The average molecular weight is 520 g/mol. The van der Waals surface area contributed by atoms with Crippen LogP contribution >= 0.6 is 11.6 Å². The van der Waals surface area contributed by atoms with Crippen molar-refractivity contribution in [1.82, 2.24) is 10.2 Å². The summed E-state index contributed by atoms with van der Waals surface area (Å²) in [6, 6.07) is 10.8. The molecule has 0 unspecified atom stereocenters. The van der Waals surface area contributed by atoms with Gasteiger partial charge in [-0.3, -0.25) is 9.59 Å². The molecule has 0 saturated carbocycles. The van der Waals surface area contributed by atoms with Gasteiger partial charge < -0.3 is 30.4 Å². The van der Waals surface area contributed by atoms with Crippen LogP contribution in [0.15, 0.2) is 42.5 Å². The van der Waals surface area contributed by atoms with Crippen LogP contribution in [-0.2, 0) is 9.59 Å². The summed E-state index contributed by atoms with van der Waals surface area (Å²) in [4.78, 5) is 28.9. The summed E-state index contributed by atoms with van der Waals surface area (Å²) in [6.45, 7) is 1.94. The molecule has 2 saturated heterocycles. The van der Waals surface area contributed by atoms with Crippen LogP contribution in [0.3, 0.4) is 0 Å². The molecular weight excluding hydrogens is 489 g/mol. The van der Waals surface area contributed by atoms with Crippen LogP contribution < -0.4 is 10.2 Å². The molecule has 0 radical (unpaired) electrons. The van der Waals surface area contributed by atoms with Gasteiger partial charge in [0.15, 0.2) is 12.2 Å². The number of rotatable bonds is 7. The van der Waals surface area contributed by atoms with Crippen LogP contribution in [0.4, 0.5) is 10.1 Å². The number of hydrogen-bond acceptors (Lipinski definition) is 6. The molecule has 2 aromatic carbocycles. The maximum absolute atomic E-state index is 13.2. The minimum absolute atomic E-state index is 0.112. The summed E-state index contributed by atoms with van der Waals surface area (Å²) >= 11 is 6.08. The van der Waals surface area contributed by atoms with Gasteiger partial charge in [-0.25, -0.2) is 4.39 Å². The third-order valence-electron chi connectivity index (χ3n) is 7.05. The zero-order chi connectivity index (χ0) is 25.8. The summed E-state index contributed by atoms with van der Waals surface area (Å²) in [6.07, 6.45) is -0.877. The first-order chi connectivity index (χ1) is 17.2. The summed E-state index contributed by atoms with van der Waals surface area (Å²) < 4.78 is 13.2. The Bertz CT molecular complexity index is 1090. The Morgan fingerprint density at radius 3 is 2.50 bits per heavy atom. The lowest BCUT2D eigenvalue weighted by molar-refractivity contribution is -0.153. The normalized spacial score (nSPS) is 20.3.